The Hall–Kier alpha value is -1.00. The van der Waals surface area contributed by atoms with Crippen molar-refractivity contribution in [3.05, 3.63) is 35.4 Å². The third-order valence-corrected chi connectivity index (χ3v) is 3.17. The molecule has 2 rings (SSSR count). The largest absolute Gasteiger partial charge is 0.316 e. The molecule has 1 heterocycles. The zero-order chi connectivity index (χ0) is 11.5. The Kier molecular flexibility index (Phi) is 3.51. The standard InChI is InChI=1S/C12H16F2N2/c1-15-12(8-4-5-16-7-8)10-6-9(13)2-3-11(10)14/h2-3,6,8,12,15-16H,4-5,7H2,1H3. The number of halogens is 2. The Balaban J connectivity index is 2.28. The molecular weight excluding hydrogens is 210 g/mol. The van der Waals surface area contributed by atoms with E-state index in [1.807, 2.05) is 0 Å². The smallest absolute Gasteiger partial charge is 0.128 e. The van der Waals surface area contributed by atoms with Gasteiger partial charge in [0.05, 0.1) is 0 Å². The lowest BCUT2D eigenvalue weighted by Gasteiger charge is -2.23. The molecule has 16 heavy (non-hydrogen) atoms. The van der Waals surface area contributed by atoms with Gasteiger partial charge >= 0.3 is 0 Å². The van der Waals surface area contributed by atoms with Gasteiger partial charge < -0.3 is 10.6 Å². The van der Waals surface area contributed by atoms with Crippen molar-refractivity contribution in [2.75, 3.05) is 20.1 Å². The summed E-state index contributed by atoms with van der Waals surface area (Å²) in [7, 11) is 1.79. The van der Waals surface area contributed by atoms with Crippen molar-refractivity contribution in [1.82, 2.24) is 10.6 Å². The van der Waals surface area contributed by atoms with E-state index in [4.69, 9.17) is 0 Å². The second kappa shape index (κ2) is 4.89. The van der Waals surface area contributed by atoms with Crippen LogP contribution in [-0.2, 0) is 0 Å². The number of benzene rings is 1. The first-order valence-corrected chi connectivity index (χ1v) is 5.55. The number of hydrogen-bond acceptors (Lipinski definition) is 2. The SMILES string of the molecule is CNC(c1cc(F)ccc1F)C1CCNC1. The van der Waals surface area contributed by atoms with Crippen molar-refractivity contribution in [3.63, 3.8) is 0 Å². The molecule has 1 aliphatic rings. The molecule has 88 valence electrons. The molecule has 0 spiro atoms. The summed E-state index contributed by atoms with van der Waals surface area (Å²) in [5.74, 6) is -0.406. The van der Waals surface area contributed by atoms with E-state index in [1.165, 1.54) is 12.1 Å². The van der Waals surface area contributed by atoms with Crippen molar-refractivity contribution in [1.29, 1.82) is 0 Å². The molecule has 1 aliphatic heterocycles. The van der Waals surface area contributed by atoms with Crippen LogP contribution in [0.1, 0.15) is 18.0 Å². The molecule has 0 amide bonds. The molecule has 1 fully saturated rings. The molecule has 1 saturated heterocycles. The van der Waals surface area contributed by atoms with E-state index in [0.29, 0.717) is 11.5 Å². The van der Waals surface area contributed by atoms with E-state index in [9.17, 15) is 8.78 Å². The van der Waals surface area contributed by atoms with Crippen molar-refractivity contribution in [2.45, 2.75) is 12.5 Å². The van der Waals surface area contributed by atoms with Gasteiger partial charge in [-0.25, -0.2) is 8.78 Å². The summed E-state index contributed by atoms with van der Waals surface area (Å²) in [6.07, 6.45) is 0.988. The Morgan fingerprint density at radius 3 is 2.88 bits per heavy atom. The quantitative estimate of drug-likeness (QED) is 0.821. The van der Waals surface area contributed by atoms with E-state index < -0.39 is 0 Å². The van der Waals surface area contributed by atoms with Crippen LogP contribution in [-0.4, -0.2) is 20.1 Å². The summed E-state index contributed by atoms with van der Waals surface area (Å²) in [5.41, 5.74) is 0.427. The van der Waals surface area contributed by atoms with Gasteiger partial charge in [0, 0.05) is 11.6 Å². The van der Waals surface area contributed by atoms with Crippen LogP contribution in [0.4, 0.5) is 8.78 Å². The average Bonchev–Trinajstić information content (AvgIpc) is 2.78. The minimum absolute atomic E-state index is 0.120. The zero-order valence-electron chi connectivity index (χ0n) is 9.26. The lowest BCUT2D eigenvalue weighted by Crippen LogP contribution is -2.27. The zero-order valence-corrected chi connectivity index (χ0v) is 9.26. The van der Waals surface area contributed by atoms with Crippen LogP contribution < -0.4 is 10.6 Å². The van der Waals surface area contributed by atoms with E-state index in [-0.39, 0.29) is 17.7 Å². The Bertz CT molecular complexity index is 362. The van der Waals surface area contributed by atoms with Gasteiger partial charge in [0.25, 0.3) is 0 Å². The van der Waals surface area contributed by atoms with E-state index in [2.05, 4.69) is 10.6 Å². The minimum atomic E-state index is -0.386. The predicted molar refractivity (Wildman–Crippen MR) is 59.1 cm³/mol. The second-order valence-corrected chi connectivity index (χ2v) is 4.19. The molecule has 1 aromatic rings. The maximum atomic E-state index is 13.6. The summed E-state index contributed by atoms with van der Waals surface area (Å²) < 4.78 is 26.8. The van der Waals surface area contributed by atoms with Crippen LogP contribution in [0.5, 0.6) is 0 Å². The van der Waals surface area contributed by atoms with Gasteiger partial charge in [-0.3, -0.25) is 0 Å². The van der Waals surface area contributed by atoms with Gasteiger partial charge in [-0.2, -0.15) is 0 Å². The molecule has 2 unspecified atom stereocenters. The fourth-order valence-corrected chi connectivity index (χ4v) is 2.36. The van der Waals surface area contributed by atoms with Crippen LogP contribution in [0.15, 0.2) is 18.2 Å². The van der Waals surface area contributed by atoms with Gasteiger partial charge in [-0.15, -0.1) is 0 Å². The maximum absolute atomic E-state index is 13.6. The molecule has 0 aromatic heterocycles. The van der Waals surface area contributed by atoms with Gasteiger partial charge in [0.2, 0.25) is 0 Å². The van der Waals surface area contributed by atoms with Crippen molar-refractivity contribution < 1.29 is 8.78 Å². The van der Waals surface area contributed by atoms with Gasteiger partial charge in [0.1, 0.15) is 11.6 Å². The summed E-state index contributed by atoms with van der Waals surface area (Å²) in [5, 5.41) is 6.32. The number of nitrogens with one attached hydrogen (secondary N) is 2. The van der Waals surface area contributed by atoms with E-state index in [1.54, 1.807) is 7.05 Å². The van der Waals surface area contributed by atoms with Gasteiger partial charge in [0.15, 0.2) is 0 Å². The molecule has 0 bridgehead atoms. The number of hydrogen-bond donors (Lipinski definition) is 2. The molecule has 2 atom stereocenters. The Morgan fingerprint density at radius 1 is 1.44 bits per heavy atom. The molecule has 2 nitrogen and oxygen atoms in total. The summed E-state index contributed by atoms with van der Waals surface area (Å²) in [6, 6.07) is 3.51. The fourth-order valence-electron chi connectivity index (χ4n) is 2.36. The first kappa shape index (κ1) is 11.5. The Morgan fingerprint density at radius 2 is 2.25 bits per heavy atom. The van der Waals surface area contributed by atoms with Gasteiger partial charge in [-0.05, 0) is 50.7 Å². The highest BCUT2D eigenvalue weighted by Gasteiger charge is 2.27. The molecular formula is C12H16F2N2. The van der Waals surface area contributed by atoms with Crippen LogP contribution in [0, 0.1) is 17.6 Å². The van der Waals surface area contributed by atoms with E-state index in [0.717, 1.165) is 25.6 Å². The lowest BCUT2D eigenvalue weighted by atomic mass is 9.92. The highest BCUT2D eigenvalue weighted by Crippen LogP contribution is 2.28. The highest BCUT2D eigenvalue weighted by atomic mass is 19.1. The third-order valence-electron chi connectivity index (χ3n) is 3.17. The highest BCUT2D eigenvalue weighted by molar-refractivity contribution is 5.23. The molecule has 0 aliphatic carbocycles. The normalized spacial score (nSPS) is 22.3. The minimum Gasteiger partial charge on any atom is -0.316 e. The fraction of sp³-hybridized carbons (Fsp3) is 0.500. The third kappa shape index (κ3) is 2.23. The molecule has 1 aromatic carbocycles. The van der Waals surface area contributed by atoms with E-state index >= 15 is 0 Å². The van der Waals surface area contributed by atoms with Crippen LogP contribution in [0.2, 0.25) is 0 Å². The number of rotatable bonds is 3. The average molecular weight is 226 g/mol. The van der Waals surface area contributed by atoms with Crippen LogP contribution in [0.25, 0.3) is 0 Å². The maximum Gasteiger partial charge on any atom is 0.128 e. The van der Waals surface area contributed by atoms with Gasteiger partial charge in [-0.1, -0.05) is 0 Å². The Labute approximate surface area is 94.0 Å². The van der Waals surface area contributed by atoms with Crippen molar-refractivity contribution >= 4 is 0 Å². The van der Waals surface area contributed by atoms with Crippen molar-refractivity contribution in [3.8, 4) is 0 Å². The summed E-state index contributed by atoms with van der Waals surface area (Å²) in [6.45, 7) is 1.79. The molecule has 0 saturated carbocycles. The summed E-state index contributed by atoms with van der Waals surface area (Å²) >= 11 is 0. The molecule has 4 heteroatoms. The molecule has 2 N–H and O–H groups in total. The second-order valence-electron chi connectivity index (χ2n) is 4.19. The monoisotopic (exact) mass is 226 g/mol. The molecule has 0 radical (unpaired) electrons. The van der Waals surface area contributed by atoms with Crippen LogP contribution >= 0.6 is 0 Å². The lowest BCUT2D eigenvalue weighted by molar-refractivity contribution is 0.394. The van der Waals surface area contributed by atoms with Crippen molar-refractivity contribution in [2.24, 2.45) is 5.92 Å². The van der Waals surface area contributed by atoms with Crippen LogP contribution in [0.3, 0.4) is 0 Å². The first-order valence-electron chi connectivity index (χ1n) is 5.55. The topological polar surface area (TPSA) is 24.1 Å². The first-order chi connectivity index (χ1) is 7.72. The summed E-state index contributed by atoms with van der Waals surface area (Å²) in [4.78, 5) is 0. The predicted octanol–water partition coefficient (Wildman–Crippen LogP) is 1.83.